The van der Waals surface area contributed by atoms with Crippen LogP contribution in [0.2, 0.25) is 0 Å². The Morgan fingerprint density at radius 1 is 1.32 bits per heavy atom. The van der Waals surface area contributed by atoms with Crippen LogP contribution < -0.4 is 0 Å². The number of fused-ring (bicyclic) bond motifs is 1. The van der Waals surface area contributed by atoms with Crippen LogP contribution in [0.25, 0.3) is 10.9 Å². The molecule has 0 saturated heterocycles. The minimum absolute atomic E-state index is 0.0508. The highest BCUT2D eigenvalue weighted by Gasteiger charge is 2.17. The summed E-state index contributed by atoms with van der Waals surface area (Å²) in [5, 5.41) is 4.93. The predicted molar refractivity (Wildman–Crippen MR) is 74.5 cm³/mol. The average molecular weight is 269 g/mol. The number of nitrogens with zero attached hydrogens (tertiary/aromatic N) is 3. The van der Waals surface area contributed by atoms with Crippen molar-refractivity contribution in [3.05, 3.63) is 52.7 Å². The quantitative estimate of drug-likeness (QED) is 0.686. The zero-order valence-electron chi connectivity index (χ0n) is 10.3. The highest BCUT2D eigenvalue weighted by molar-refractivity contribution is 7.08. The maximum Gasteiger partial charge on any atom is 0.208 e. The van der Waals surface area contributed by atoms with Crippen molar-refractivity contribution in [2.75, 3.05) is 0 Å². The molecule has 0 N–H and O–H groups in total. The van der Waals surface area contributed by atoms with Gasteiger partial charge in [-0.15, -0.1) is 5.10 Å². The second kappa shape index (κ2) is 4.85. The molecule has 0 atom stereocenters. The molecule has 0 bridgehead atoms. The molecule has 0 aliphatic heterocycles. The maximum atomic E-state index is 12.4. The first-order valence-corrected chi connectivity index (χ1v) is 6.77. The molecule has 3 rings (SSSR count). The number of carbonyl (C=O) groups is 1. The molecule has 0 aliphatic carbocycles. The largest absolute Gasteiger partial charge is 0.287 e. The van der Waals surface area contributed by atoms with Crippen LogP contribution in [0.15, 0.2) is 36.5 Å². The summed E-state index contributed by atoms with van der Waals surface area (Å²) in [6.45, 7) is 1.96. The molecule has 4 nitrogen and oxygen atoms in total. The fourth-order valence-electron chi connectivity index (χ4n) is 1.94. The van der Waals surface area contributed by atoms with E-state index in [0.29, 0.717) is 16.9 Å². The molecule has 1 aromatic carbocycles. The number of carbonyl (C=O) groups excluding carboxylic acids is 1. The van der Waals surface area contributed by atoms with Gasteiger partial charge in [-0.1, -0.05) is 29.6 Å². The number of hydrogen-bond donors (Lipinski definition) is 0. The maximum absolute atomic E-state index is 12.4. The molecule has 19 heavy (non-hydrogen) atoms. The summed E-state index contributed by atoms with van der Waals surface area (Å²) in [6, 6.07) is 9.60. The van der Waals surface area contributed by atoms with Gasteiger partial charge in [-0.25, -0.2) is 0 Å². The molecular weight excluding hydrogens is 258 g/mol. The smallest absolute Gasteiger partial charge is 0.208 e. The zero-order chi connectivity index (χ0) is 13.2. The third-order valence-corrected chi connectivity index (χ3v) is 3.72. The summed E-state index contributed by atoms with van der Waals surface area (Å²) >= 11 is 1.14. The number of rotatable bonds is 3. The van der Waals surface area contributed by atoms with E-state index in [4.69, 9.17) is 0 Å². The molecule has 0 amide bonds. The van der Waals surface area contributed by atoms with Gasteiger partial charge in [0.1, 0.15) is 4.88 Å². The van der Waals surface area contributed by atoms with Crippen LogP contribution in [0, 0.1) is 0 Å². The third-order valence-electron chi connectivity index (χ3n) is 2.95. The van der Waals surface area contributed by atoms with Gasteiger partial charge in [0.2, 0.25) is 5.78 Å². The number of pyridine rings is 1. The van der Waals surface area contributed by atoms with Crippen LogP contribution in [0.4, 0.5) is 0 Å². The lowest BCUT2D eigenvalue weighted by Crippen LogP contribution is -2.03. The van der Waals surface area contributed by atoms with E-state index in [1.807, 2.05) is 37.3 Å². The van der Waals surface area contributed by atoms with Gasteiger partial charge in [0, 0.05) is 17.1 Å². The van der Waals surface area contributed by atoms with Gasteiger partial charge in [0.05, 0.1) is 11.2 Å². The molecule has 2 heterocycles. The van der Waals surface area contributed by atoms with Crippen LogP contribution in [0.3, 0.4) is 0 Å². The molecule has 94 valence electrons. The minimum atomic E-state index is -0.0508. The first kappa shape index (κ1) is 11.9. The lowest BCUT2D eigenvalue weighted by Gasteiger charge is -2.01. The minimum Gasteiger partial charge on any atom is -0.287 e. The summed E-state index contributed by atoms with van der Waals surface area (Å²) in [5.74, 6) is -0.0508. The zero-order valence-corrected chi connectivity index (χ0v) is 11.1. The van der Waals surface area contributed by atoms with Crippen molar-refractivity contribution in [3.8, 4) is 0 Å². The fraction of sp³-hybridized carbons (Fsp3) is 0.143. The predicted octanol–water partition coefficient (Wildman–Crippen LogP) is 2.88. The molecular formula is C14H11N3OS. The highest BCUT2D eigenvalue weighted by Crippen LogP contribution is 2.19. The summed E-state index contributed by atoms with van der Waals surface area (Å²) in [4.78, 5) is 17.3. The Bertz CT molecular complexity index is 751. The van der Waals surface area contributed by atoms with Gasteiger partial charge in [0.15, 0.2) is 0 Å². The number of benzene rings is 1. The second-order valence-corrected chi connectivity index (χ2v) is 4.90. The standard InChI is InChI=1S/C14H11N3OS/c1-2-11-14(19-17-16-11)13(18)10-7-9-5-3-4-6-12(9)15-8-10/h3-8H,2H2,1H3. The molecule has 2 aromatic heterocycles. The van der Waals surface area contributed by atoms with Crippen LogP contribution >= 0.6 is 11.5 Å². The highest BCUT2D eigenvalue weighted by atomic mass is 32.1. The van der Waals surface area contributed by atoms with Gasteiger partial charge >= 0.3 is 0 Å². The summed E-state index contributed by atoms with van der Waals surface area (Å²) in [7, 11) is 0. The molecule has 0 unspecified atom stereocenters. The van der Waals surface area contributed by atoms with Gasteiger partial charge in [-0.05, 0) is 30.1 Å². The number of ketones is 1. The molecule has 0 spiro atoms. The van der Waals surface area contributed by atoms with E-state index in [9.17, 15) is 4.79 Å². The molecule has 3 aromatic rings. The topological polar surface area (TPSA) is 55.7 Å². The van der Waals surface area contributed by atoms with E-state index in [0.717, 1.165) is 28.1 Å². The monoisotopic (exact) mass is 269 g/mol. The van der Waals surface area contributed by atoms with Crippen molar-refractivity contribution in [1.82, 2.24) is 14.6 Å². The Balaban J connectivity index is 2.06. The number of para-hydroxylation sites is 1. The van der Waals surface area contributed by atoms with Crippen LogP contribution in [-0.2, 0) is 6.42 Å². The Morgan fingerprint density at radius 2 is 2.16 bits per heavy atom. The first-order valence-electron chi connectivity index (χ1n) is 6.00. The van der Waals surface area contributed by atoms with Crippen molar-refractivity contribution in [1.29, 1.82) is 0 Å². The molecule has 0 saturated carbocycles. The molecule has 5 heteroatoms. The number of aryl methyl sites for hydroxylation is 1. The summed E-state index contributed by atoms with van der Waals surface area (Å²) in [6.07, 6.45) is 2.32. The van der Waals surface area contributed by atoms with Crippen LogP contribution in [0.1, 0.15) is 27.9 Å². The summed E-state index contributed by atoms with van der Waals surface area (Å²) in [5.41, 5.74) is 2.22. The first-order chi connectivity index (χ1) is 9.29. The van der Waals surface area contributed by atoms with Gasteiger partial charge in [-0.2, -0.15) is 0 Å². The Labute approximate surface area is 114 Å². The van der Waals surface area contributed by atoms with Crippen molar-refractivity contribution in [2.24, 2.45) is 0 Å². The SMILES string of the molecule is CCc1nnsc1C(=O)c1cnc2ccccc2c1. The average Bonchev–Trinajstić information content (AvgIpc) is 2.94. The second-order valence-electron chi connectivity index (χ2n) is 4.15. The number of hydrogen-bond acceptors (Lipinski definition) is 5. The van der Waals surface area contributed by atoms with Crippen LogP contribution in [-0.4, -0.2) is 20.4 Å². The Hall–Kier alpha value is -2.14. The fourth-order valence-corrected chi connectivity index (χ4v) is 2.65. The lowest BCUT2D eigenvalue weighted by molar-refractivity contribution is 0.104. The Morgan fingerprint density at radius 3 is 3.00 bits per heavy atom. The van der Waals surface area contributed by atoms with E-state index in [1.165, 1.54) is 0 Å². The molecule has 0 radical (unpaired) electrons. The van der Waals surface area contributed by atoms with Crippen molar-refractivity contribution < 1.29 is 4.79 Å². The van der Waals surface area contributed by atoms with E-state index < -0.39 is 0 Å². The van der Waals surface area contributed by atoms with Gasteiger partial charge < -0.3 is 0 Å². The Kier molecular flexibility index (Phi) is 3.05. The van der Waals surface area contributed by atoms with E-state index in [2.05, 4.69) is 14.6 Å². The van der Waals surface area contributed by atoms with Gasteiger partial charge in [0.25, 0.3) is 0 Å². The summed E-state index contributed by atoms with van der Waals surface area (Å²) < 4.78 is 3.85. The number of aromatic nitrogens is 3. The van der Waals surface area contributed by atoms with Crippen molar-refractivity contribution >= 4 is 28.2 Å². The third kappa shape index (κ3) is 2.13. The van der Waals surface area contributed by atoms with E-state index in [1.54, 1.807) is 6.20 Å². The van der Waals surface area contributed by atoms with Crippen molar-refractivity contribution in [2.45, 2.75) is 13.3 Å². The van der Waals surface area contributed by atoms with E-state index in [-0.39, 0.29) is 5.78 Å². The van der Waals surface area contributed by atoms with Crippen LogP contribution in [0.5, 0.6) is 0 Å². The lowest BCUT2D eigenvalue weighted by atomic mass is 10.1. The van der Waals surface area contributed by atoms with Crippen molar-refractivity contribution in [3.63, 3.8) is 0 Å². The molecule has 0 aliphatic rings. The molecule has 0 fully saturated rings. The van der Waals surface area contributed by atoms with E-state index >= 15 is 0 Å². The van der Waals surface area contributed by atoms with Gasteiger partial charge in [-0.3, -0.25) is 9.78 Å². The normalized spacial score (nSPS) is 10.8.